The Morgan fingerprint density at radius 2 is 1.39 bits per heavy atom. The third kappa shape index (κ3) is 4.17. The van der Waals surface area contributed by atoms with Gasteiger partial charge in [0.2, 0.25) is 5.75 Å². The summed E-state index contributed by atoms with van der Waals surface area (Å²) in [5.41, 5.74) is 3.66. The standard InChI is InChI=1S/C19H25NO3/c1-5-14-6-8-15(9-7-14)12-20-13-16-10-11-17(21-2)19(23-4)18(16)22-3/h6-11,20H,5,12-13H2,1-4H3. The number of rotatable bonds is 8. The van der Waals surface area contributed by atoms with E-state index < -0.39 is 0 Å². The summed E-state index contributed by atoms with van der Waals surface area (Å²) >= 11 is 0. The predicted molar refractivity (Wildman–Crippen MR) is 92.5 cm³/mol. The van der Waals surface area contributed by atoms with Crippen LogP contribution in [0.1, 0.15) is 23.6 Å². The minimum atomic E-state index is 0.626. The van der Waals surface area contributed by atoms with Gasteiger partial charge in [0.05, 0.1) is 21.3 Å². The van der Waals surface area contributed by atoms with Crippen molar-refractivity contribution in [1.82, 2.24) is 5.32 Å². The number of benzene rings is 2. The van der Waals surface area contributed by atoms with Crippen molar-refractivity contribution < 1.29 is 14.2 Å². The molecule has 0 aliphatic heterocycles. The second-order valence-electron chi connectivity index (χ2n) is 5.27. The third-order valence-electron chi connectivity index (χ3n) is 3.86. The number of hydrogen-bond acceptors (Lipinski definition) is 4. The molecule has 0 aromatic heterocycles. The maximum absolute atomic E-state index is 5.50. The highest BCUT2D eigenvalue weighted by atomic mass is 16.5. The van der Waals surface area contributed by atoms with E-state index in [-0.39, 0.29) is 0 Å². The summed E-state index contributed by atoms with van der Waals surface area (Å²) in [5.74, 6) is 2.01. The van der Waals surface area contributed by atoms with Gasteiger partial charge in [0.25, 0.3) is 0 Å². The molecule has 1 N–H and O–H groups in total. The highest BCUT2D eigenvalue weighted by Crippen LogP contribution is 2.39. The second kappa shape index (κ2) is 8.44. The number of aryl methyl sites for hydroxylation is 1. The first-order valence-electron chi connectivity index (χ1n) is 7.79. The van der Waals surface area contributed by atoms with Crippen molar-refractivity contribution >= 4 is 0 Å². The highest BCUT2D eigenvalue weighted by Gasteiger charge is 2.15. The van der Waals surface area contributed by atoms with Crippen LogP contribution in [0.3, 0.4) is 0 Å². The first-order chi connectivity index (χ1) is 11.2. The minimum Gasteiger partial charge on any atom is -0.493 e. The molecule has 0 amide bonds. The van der Waals surface area contributed by atoms with Crippen LogP contribution >= 0.6 is 0 Å². The molecule has 4 heteroatoms. The van der Waals surface area contributed by atoms with Gasteiger partial charge in [-0.05, 0) is 23.6 Å². The fourth-order valence-corrected chi connectivity index (χ4v) is 2.54. The molecular formula is C19H25NO3. The predicted octanol–water partition coefficient (Wildman–Crippen LogP) is 3.56. The summed E-state index contributed by atoms with van der Waals surface area (Å²) in [6.45, 7) is 3.66. The molecule has 0 fully saturated rings. The van der Waals surface area contributed by atoms with E-state index in [4.69, 9.17) is 14.2 Å². The topological polar surface area (TPSA) is 39.7 Å². The maximum Gasteiger partial charge on any atom is 0.203 e. The Morgan fingerprint density at radius 1 is 0.739 bits per heavy atom. The summed E-state index contributed by atoms with van der Waals surface area (Å²) in [5, 5.41) is 3.44. The third-order valence-corrected chi connectivity index (χ3v) is 3.86. The normalized spacial score (nSPS) is 10.4. The molecule has 2 aromatic carbocycles. The molecule has 0 aliphatic rings. The Labute approximate surface area is 138 Å². The summed E-state index contributed by atoms with van der Waals surface area (Å²) in [7, 11) is 4.88. The fraction of sp³-hybridized carbons (Fsp3) is 0.368. The molecule has 4 nitrogen and oxygen atoms in total. The van der Waals surface area contributed by atoms with Gasteiger partial charge in [-0.2, -0.15) is 0 Å². The number of nitrogens with one attached hydrogen (secondary N) is 1. The lowest BCUT2D eigenvalue weighted by molar-refractivity contribution is 0.321. The van der Waals surface area contributed by atoms with Gasteiger partial charge in [0, 0.05) is 18.7 Å². The smallest absolute Gasteiger partial charge is 0.203 e. The van der Waals surface area contributed by atoms with E-state index in [9.17, 15) is 0 Å². The van der Waals surface area contributed by atoms with Gasteiger partial charge >= 0.3 is 0 Å². The summed E-state index contributed by atoms with van der Waals surface area (Å²) < 4.78 is 16.2. The van der Waals surface area contributed by atoms with Gasteiger partial charge in [-0.15, -0.1) is 0 Å². The van der Waals surface area contributed by atoms with Gasteiger partial charge in [-0.1, -0.05) is 37.3 Å². The molecule has 0 saturated heterocycles. The largest absolute Gasteiger partial charge is 0.493 e. The molecule has 0 unspecified atom stereocenters. The fourth-order valence-electron chi connectivity index (χ4n) is 2.54. The van der Waals surface area contributed by atoms with E-state index in [0.29, 0.717) is 23.8 Å². The first kappa shape index (κ1) is 17.2. The van der Waals surface area contributed by atoms with Crippen LogP contribution < -0.4 is 19.5 Å². The lowest BCUT2D eigenvalue weighted by Crippen LogP contribution is -2.13. The molecule has 2 aromatic rings. The SMILES string of the molecule is CCc1ccc(CNCc2ccc(OC)c(OC)c2OC)cc1. The second-order valence-corrected chi connectivity index (χ2v) is 5.27. The van der Waals surface area contributed by atoms with Gasteiger partial charge in [-0.25, -0.2) is 0 Å². The Hall–Kier alpha value is -2.20. The first-order valence-corrected chi connectivity index (χ1v) is 7.79. The summed E-state index contributed by atoms with van der Waals surface area (Å²) in [6, 6.07) is 12.6. The number of hydrogen-bond donors (Lipinski definition) is 1. The van der Waals surface area contributed by atoms with Crippen LogP contribution in [0.5, 0.6) is 17.2 Å². The van der Waals surface area contributed by atoms with Crippen LogP contribution in [-0.2, 0) is 19.5 Å². The monoisotopic (exact) mass is 315 g/mol. The van der Waals surface area contributed by atoms with E-state index in [0.717, 1.165) is 18.5 Å². The van der Waals surface area contributed by atoms with Crippen molar-refractivity contribution in [2.45, 2.75) is 26.4 Å². The Balaban J connectivity index is 2.04. The van der Waals surface area contributed by atoms with E-state index >= 15 is 0 Å². The zero-order chi connectivity index (χ0) is 16.7. The number of methoxy groups -OCH3 is 3. The Morgan fingerprint density at radius 3 is 1.96 bits per heavy atom. The van der Waals surface area contributed by atoms with Gasteiger partial charge in [0.15, 0.2) is 11.5 Å². The average molecular weight is 315 g/mol. The van der Waals surface area contributed by atoms with Crippen molar-refractivity contribution in [3.8, 4) is 17.2 Å². The molecular weight excluding hydrogens is 290 g/mol. The average Bonchev–Trinajstić information content (AvgIpc) is 2.61. The van der Waals surface area contributed by atoms with Crippen LogP contribution in [0.15, 0.2) is 36.4 Å². The van der Waals surface area contributed by atoms with E-state index in [1.165, 1.54) is 11.1 Å². The van der Waals surface area contributed by atoms with Gasteiger partial charge in [0.1, 0.15) is 0 Å². The van der Waals surface area contributed by atoms with Crippen LogP contribution in [0.25, 0.3) is 0 Å². The van der Waals surface area contributed by atoms with Gasteiger partial charge in [-0.3, -0.25) is 0 Å². The highest BCUT2D eigenvalue weighted by molar-refractivity contribution is 5.55. The molecule has 2 rings (SSSR count). The molecule has 0 saturated carbocycles. The van der Waals surface area contributed by atoms with Crippen molar-refractivity contribution in [2.75, 3.05) is 21.3 Å². The van der Waals surface area contributed by atoms with E-state index in [1.807, 2.05) is 12.1 Å². The molecule has 0 radical (unpaired) electrons. The maximum atomic E-state index is 5.50. The van der Waals surface area contributed by atoms with Crippen LogP contribution in [0.2, 0.25) is 0 Å². The lowest BCUT2D eigenvalue weighted by Gasteiger charge is -2.16. The van der Waals surface area contributed by atoms with Crippen molar-refractivity contribution in [3.63, 3.8) is 0 Å². The van der Waals surface area contributed by atoms with Crippen LogP contribution in [0.4, 0.5) is 0 Å². The number of ether oxygens (including phenoxy) is 3. The molecule has 23 heavy (non-hydrogen) atoms. The van der Waals surface area contributed by atoms with Crippen molar-refractivity contribution in [1.29, 1.82) is 0 Å². The lowest BCUT2D eigenvalue weighted by atomic mass is 10.1. The molecule has 0 atom stereocenters. The zero-order valence-corrected chi connectivity index (χ0v) is 14.3. The van der Waals surface area contributed by atoms with Crippen molar-refractivity contribution in [3.05, 3.63) is 53.1 Å². The summed E-state index contributed by atoms with van der Waals surface area (Å²) in [4.78, 5) is 0. The molecule has 0 bridgehead atoms. The molecule has 124 valence electrons. The van der Waals surface area contributed by atoms with Crippen molar-refractivity contribution in [2.24, 2.45) is 0 Å². The quantitative estimate of drug-likeness (QED) is 0.808. The van der Waals surface area contributed by atoms with E-state index in [2.05, 4.69) is 36.5 Å². The Kier molecular flexibility index (Phi) is 6.29. The van der Waals surface area contributed by atoms with Crippen LogP contribution in [-0.4, -0.2) is 21.3 Å². The van der Waals surface area contributed by atoms with E-state index in [1.54, 1.807) is 21.3 Å². The molecule has 0 heterocycles. The minimum absolute atomic E-state index is 0.626. The van der Waals surface area contributed by atoms with Crippen LogP contribution in [0, 0.1) is 0 Å². The molecule has 0 spiro atoms. The Bertz CT molecular complexity index is 623. The molecule has 0 aliphatic carbocycles. The summed E-state index contributed by atoms with van der Waals surface area (Å²) in [6.07, 6.45) is 1.07. The van der Waals surface area contributed by atoms with Gasteiger partial charge < -0.3 is 19.5 Å². The zero-order valence-electron chi connectivity index (χ0n) is 14.3.